The standard InChI is InChI=1S/C58H112O6/c1-5-8-10-12-14-16-18-20-21-22-27-31-35-39-43-47-51-58(61)64-55(52-62-56(59)49-45-41-37-33-29-19-17-15-13-11-9-6-2)53-63-57(60)50-46-42-38-34-30-26-24-23-25-28-32-36-40-44-48-54(4)7-3/h54-55H,5-53H2,1-4H3/t54?,55-/m1/s1. The minimum Gasteiger partial charge on any atom is -0.462 e. The van der Waals surface area contributed by atoms with Gasteiger partial charge in [0.25, 0.3) is 0 Å². The summed E-state index contributed by atoms with van der Waals surface area (Å²) in [6, 6.07) is 0. The maximum absolute atomic E-state index is 12.8. The van der Waals surface area contributed by atoms with Gasteiger partial charge in [0.1, 0.15) is 13.2 Å². The predicted molar refractivity (Wildman–Crippen MR) is 275 cm³/mol. The zero-order valence-electron chi connectivity index (χ0n) is 43.8. The van der Waals surface area contributed by atoms with Gasteiger partial charge in [-0.2, -0.15) is 0 Å². The molecule has 380 valence electrons. The fourth-order valence-corrected chi connectivity index (χ4v) is 8.89. The van der Waals surface area contributed by atoms with E-state index in [4.69, 9.17) is 14.2 Å². The monoisotopic (exact) mass is 905 g/mol. The van der Waals surface area contributed by atoms with Gasteiger partial charge in [-0.25, -0.2) is 0 Å². The first kappa shape index (κ1) is 62.4. The molecule has 2 atom stereocenters. The molecule has 6 heteroatoms. The third-order valence-electron chi connectivity index (χ3n) is 13.7. The summed E-state index contributed by atoms with van der Waals surface area (Å²) in [5.74, 6) is 0.0603. The van der Waals surface area contributed by atoms with Crippen LogP contribution >= 0.6 is 0 Å². The lowest BCUT2D eigenvalue weighted by Crippen LogP contribution is -2.30. The minimum absolute atomic E-state index is 0.0619. The van der Waals surface area contributed by atoms with Crippen LogP contribution in [0.15, 0.2) is 0 Å². The molecule has 0 bridgehead atoms. The fraction of sp³-hybridized carbons (Fsp3) is 0.948. The van der Waals surface area contributed by atoms with Crippen molar-refractivity contribution in [1.29, 1.82) is 0 Å². The molecule has 0 amide bonds. The molecule has 0 radical (unpaired) electrons. The molecule has 0 heterocycles. The van der Waals surface area contributed by atoms with Crippen molar-refractivity contribution >= 4 is 17.9 Å². The summed E-state index contributed by atoms with van der Waals surface area (Å²) in [4.78, 5) is 38.1. The Bertz CT molecular complexity index is 966. The molecule has 0 aliphatic carbocycles. The minimum atomic E-state index is -0.761. The second-order valence-corrected chi connectivity index (χ2v) is 20.2. The molecular formula is C58H112O6. The molecule has 0 saturated carbocycles. The highest BCUT2D eigenvalue weighted by Crippen LogP contribution is 2.18. The van der Waals surface area contributed by atoms with Crippen LogP contribution in [0.3, 0.4) is 0 Å². The molecule has 6 nitrogen and oxygen atoms in total. The van der Waals surface area contributed by atoms with Gasteiger partial charge in [0.2, 0.25) is 0 Å². The van der Waals surface area contributed by atoms with E-state index in [-0.39, 0.29) is 31.1 Å². The average molecular weight is 906 g/mol. The molecule has 0 rings (SSSR count). The summed E-state index contributed by atoms with van der Waals surface area (Å²) < 4.78 is 16.9. The van der Waals surface area contributed by atoms with Gasteiger partial charge in [-0.3, -0.25) is 14.4 Å². The Morgan fingerprint density at radius 1 is 0.312 bits per heavy atom. The maximum Gasteiger partial charge on any atom is 0.306 e. The molecule has 64 heavy (non-hydrogen) atoms. The van der Waals surface area contributed by atoms with Crippen LogP contribution in [0, 0.1) is 5.92 Å². The van der Waals surface area contributed by atoms with Crippen molar-refractivity contribution in [2.45, 2.75) is 336 Å². The second-order valence-electron chi connectivity index (χ2n) is 20.2. The lowest BCUT2D eigenvalue weighted by atomic mass is 9.99. The molecule has 0 aromatic rings. The van der Waals surface area contributed by atoms with Crippen molar-refractivity contribution in [3.05, 3.63) is 0 Å². The van der Waals surface area contributed by atoms with Crippen LogP contribution < -0.4 is 0 Å². The van der Waals surface area contributed by atoms with Gasteiger partial charge < -0.3 is 14.2 Å². The number of esters is 3. The zero-order valence-corrected chi connectivity index (χ0v) is 43.8. The Kier molecular flexibility index (Phi) is 51.1. The number of carbonyl (C=O) groups excluding carboxylic acids is 3. The van der Waals surface area contributed by atoms with E-state index < -0.39 is 6.10 Å². The summed E-state index contributed by atoms with van der Waals surface area (Å²) in [6.45, 7) is 9.09. The van der Waals surface area contributed by atoms with E-state index in [2.05, 4.69) is 27.7 Å². The van der Waals surface area contributed by atoms with Gasteiger partial charge >= 0.3 is 17.9 Å². The van der Waals surface area contributed by atoms with Crippen molar-refractivity contribution in [3.8, 4) is 0 Å². The van der Waals surface area contributed by atoms with Gasteiger partial charge in [-0.05, 0) is 25.2 Å². The molecule has 0 fully saturated rings. The molecule has 0 aromatic heterocycles. The molecule has 0 aliphatic heterocycles. The summed E-state index contributed by atoms with van der Waals surface area (Å²) in [7, 11) is 0. The highest BCUT2D eigenvalue weighted by Gasteiger charge is 2.19. The lowest BCUT2D eigenvalue weighted by molar-refractivity contribution is -0.167. The normalized spacial score (nSPS) is 12.4. The summed E-state index contributed by atoms with van der Waals surface area (Å²) in [6.07, 6.45) is 56.5. The first-order valence-electron chi connectivity index (χ1n) is 28.9. The maximum atomic E-state index is 12.8. The number of ether oxygens (including phenoxy) is 3. The van der Waals surface area contributed by atoms with Gasteiger partial charge in [-0.15, -0.1) is 0 Å². The van der Waals surface area contributed by atoms with Gasteiger partial charge in [0.05, 0.1) is 0 Å². The van der Waals surface area contributed by atoms with E-state index in [0.717, 1.165) is 63.7 Å². The van der Waals surface area contributed by atoms with E-state index in [0.29, 0.717) is 19.3 Å². The molecule has 0 aliphatic rings. The van der Waals surface area contributed by atoms with Crippen molar-refractivity contribution < 1.29 is 28.6 Å². The van der Waals surface area contributed by atoms with Crippen molar-refractivity contribution in [3.63, 3.8) is 0 Å². The largest absolute Gasteiger partial charge is 0.462 e. The van der Waals surface area contributed by atoms with Crippen LogP contribution in [0.1, 0.15) is 329 Å². The Morgan fingerprint density at radius 3 is 0.812 bits per heavy atom. The molecule has 0 N–H and O–H groups in total. The van der Waals surface area contributed by atoms with E-state index in [1.54, 1.807) is 0 Å². The SMILES string of the molecule is CCCCCCCCCCCCCCCCCCC(=O)O[C@H](COC(=O)CCCCCCCCCCCCCC)COC(=O)CCCCCCCCCCCCCCCCC(C)CC. The first-order valence-corrected chi connectivity index (χ1v) is 28.9. The fourth-order valence-electron chi connectivity index (χ4n) is 8.89. The highest BCUT2D eigenvalue weighted by molar-refractivity contribution is 5.71. The number of rotatable bonds is 53. The molecule has 0 aromatic carbocycles. The van der Waals surface area contributed by atoms with Crippen molar-refractivity contribution in [2.75, 3.05) is 13.2 Å². The zero-order chi connectivity index (χ0) is 46.7. The van der Waals surface area contributed by atoms with Crippen molar-refractivity contribution in [1.82, 2.24) is 0 Å². The predicted octanol–water partition coefficient (Wildman–Crippen LogP) is 19.0. The quantitative estimate of drug-likeness (QED) is 0.0344. The summed E-state index contributed by atoms with van der Waals surface area (Å²) >= 11 is 0. The molecular weight excluding hydrogens is 793 g/mol. The smallest absolute Gasteiger partial charge is 0.306 e. The lowest BCUT2D eigenvalue weighted by Gasteiger charge is -2.18. The van der Waals surface area contributed by atoms with Crippen LogP contribution in [0.5, 0.6) is 0 Å². The molecule has 1 unspecified atom stereocenters. The average Bonchev–Trinajstić information content (AvgIpc) is 3.29. The van der Waals surface area contributed by atoms with Crippen LogP contribution in [-0.2, 0) is 28.6 Å². The van der Waals surface area contributed by atoms with Crippen LogP contribution in [0.4, 0.5) is 0 Å². The second kappa shape index (κ2) is 52.4. The third kappa shape index (κ3) is 49.8. The highest BCUT2D eigenvalue weighted by atomic mass is 16.6. The van der Waals surface area contributed by atoms with E-state index in [1.807, 2.05) is 0 Å². The Hall–Kier alpha value is -1.59. The third-order valence-corrected chi connectivity index (χ3v) is 13.7. The van der Waals surface area contributed by atoms with E-state index in [9.17, 15) is 14.4 Å². The summed E-state index contributed by atoms with van der Waals surface area (Å²) in [5, 5.41) is 0. The first-order chi connectivity index (χ1) is 31.4. The number of carbonyl (C=O) groups is 3. The van der Waals surface area contributed by atoms with Gasteiger partial charge in [-0.1, -0.05) is 291 Å². The van der Waals surface area contributed by atoms with E-state index in [1.165, 1.54) is 225 Å². The van der Waals surface area contributed by atoms with Crippen LogP contribution in [0.25, 0.3) is 0 Å². The Balaban J connectivity index is 4.28. The Morgan fingerprint density at radius 2 is 0.547 bits per heavy atom. The topological polar surface area (TPSA) is 78.9 Å². The number of unbranched alkanes of at least 4 members (excludes halogenated alkanes) is 39. The van der Waals surface area contributed by atoms with Crippen LogP contribution in [0.2, 0.25) is 0 Å². The number of hydrogen-bond donors (Lipinski definition) is 0. The molecule has 0 saturated heterocycles. The summed E-state index contributed by atoms with van der Waals surface area (Å²) in [5.41, 5.74) is 0. The van der Waals surface area contributed by atoms with Gasteiger partial charge in [0, 0.05) is 19.3 Å². The van der Waals surface area contributed by atoms with Gasteiger partial charge in [0.15, 0.2) is 6.10 Å². The number of hydrogen-bond acceptors (Lipinski definition) is 6. The molecule has 0 spiro atoms. The Labute approximate surface area is 399 Å². The van der Waals surface area contributed by atoms with Crippen molar-refractivity contribution in [2.24, 2.45) is 5.92 Å². The van der Waals surface area contributed by atoms with E-state index >= 15 is 0 Å². The van der Waals surface area contributed by atoms with Crippen LogP contribution in [-0.4, -0.2) is 37.2 Å².